The van der Waals surface area contributed by atoms with Gasteiger partial charge in [0.2, 0.25) is 0 Å². The molecule has 2 atom stereocenters. The van der Waals surface area contributed by atoms with Crippen LogP contribution in [0.4, 0.5) is 5.69 Å². The van der Waals surface area contributed by atoms with Crippen molar-refractivity contribution < 1.29 is 14.8 Å². The van der Waals surface area contributed by atoms with Crippen LogP contribution >= 0.6 is 23.2 Å². The van der Waals surface area contributed by atoms with Crippen LogP contribution in [0.5, 0.6) is 0 Å². The molecule has 25 heavy (non-hydrogen) atoms. The molecule has 4 nitrogen and oxygen atoms in total. The highest BCUT2D eigenvalue weighted by atomic mass is 35.5. The second-order valence-corrected chi connectivity index (χ2v) is 7.02. The highest BCUT2D eigenvalue weighted by Gasteiger charge is 2.27. The maximum Gasteiger partial charge on any atom is 0.287 e. The van der Waals surface area contributed by atoms with Gasteiger partial charge in [-0.3, -0.25) is 4.79 Å². The summed E-state index contributed by atoms with van der Waals surface area (Å²) in [7, 11) is 0. The lowest BCUT2D eigenvalue weighted by Gasteiger charge is -2.18. The van der Waals surface area contributed by atoms with Crippen molar-refractivity contribution in [1.82, 2.24) is 0 Å². The lowest BCUT2D eigenvalue weighted by Crippen LogP contribution is -2.89. The first-order valence-electron chi connectivity index (χ1n) is 8.38. The Bertz CT molecular complexity index is 698. The minimum atomic E-state index is -0.358. The van der Waals surface area contributed by atoms with E-state index in [0.29, 0.717) is 15.7 Å². The monoisotopic (exact) mass is 379 g/mol. The van der Waals surface area contributed by atoms with Gasteiger partial charge in [-0.15, -0.1) is 0 Å². The van der Waals surface area contributed by atoms with E-state index < -0.39 is 0 Å². The van der Waals surface area contributed by atoms with Crippen molar-refractivity contribution in [3.05, 3.63) is 64.1 Å². The molecule has 1 saturated heterocycles. The van der Waals surface area contributed by atoms with Crippen molar-refractivity contribution >= 4 is 34.8 Å². The Balaban J connectivity index is 1.73. The van der Waals surface area contributed by atoms with Crippen LogP contribution in [0.3, 0.4) is 0 Å². The number of carbonyl (C=O) groups excluding carboxylic acids is 1. The van der Waals surface area contributed by atoms with Crippen LogP contribution in [0.15, 0.2) is 48.5 Å². The standard InChI is InChI=1S/C19H20Cl2N2O2/c20-14-9-15(21)11-16(10-14)23-19(24)18(13-5-2-1-3-6-13)22-12-17-7-4-8-25-17/h1-3,5-6,9-11,17-18,22H,4,7-8,12H2,(H,23,24)/p+1/t17-,18+/m1/s1. The average Bonchev–Trinajstić information content (AvgIpc) is 3.08. The first kappa shape index (κ1) is 18.2. The van der Waals surface area contributed by atoms with Crippen LogP contribution < -0.4 is 10.6 Å². The van der Waals surface area contributed by atoms with Crippen molar-refractivity contribution in [3.63, 3.8) is 0 Å². The summed E-state index contributed by atoms with van der Waals surface area (Å²) >= 11 is 12.0. The number of halogens is 2. The summed E-state index contributed by atoms with van der Waals surface area (Å²) in [6.07, 6.45) is 2.34. The second-order valence-electron chi connectivity index (χ2n) is 6.14. The van der Waals surface area contributed by atoms with E-state index in [-0.39, 0.29) is 18.1 Å². The van der Waals surface area contributed by atoms with Crippen LogP contribution in [0.25, 0.3) is 0 Å². The number of quaternary nitrogens is 1. The van der Waals surface area contributed by atoms with Crippen molar-refractivity contribution in [2.75, 3.05) is 18.5 Å². The van der Waals surface area contributed by atoms with Crippen LogP contribution in [0, 0.1) is 0 Å². The Hall–Kier alpha value is -1.59. The number of rotatable bonds is 6. The van der Waals surface area contributed by atoms with Gasteiger partial charge in [0.25, 0.3) is 5.91 Å². The van der Waals surface area contributed by atoms with Gasteiger partial charge in [-0.05, 0) is 31.0 Å². The smallest absolute Gasteiger partial charge is 0.287 e. The summed E-state index contributed by atoms with van der Waals surface area (Å²) < 4.78 is 5.67. The molecular formula is C19H21Cl2N2O2+. The van der Waals surface area contributed by atoms with Gasteiger partial charge in [0.05, 0.1) is 0 Å². The zero-order valence-corrected chi connectivity index (χ0v) is 15.3. The minimum Gasteiger partial charge on any atom is -0.372 e. The maximum atomic E-state index is 12.9. The third-order valence-corrected chi connectivity index (χ3v) is 4.67. The van der Waals surface area contributed by atoms with E-state index in [4.69, 9.17) is 27.9 Å². The molecule has 0 radical (unpaired) electrons. The van der Waals surface area contributed by atoms with Gasteiger partial charge in [0, 0.05) is 27.9 Å². The predicted octanol–water partition coefficient (Wildman–Crippen LogP) is 3.42. The van der Waals surface area contributed by atoms with Crippen LogP contribution in [-0.4, -0.2) is 25.2 Å². The number of amides is 1. The molecule has 3 N–H and O–H groups in total. The Kier molecular flexibility index (Phi) is 6.32. The maximum absolute atomic E-state index is 12.9. The summed E-state index contributed by atoms with van der Waals surface area (Å²) in [4.78, 5) is 12.9. The fourth-order valence-corrected chi connectivity index (χ4v) is 3.55. The largest absolute Gasteiger partial charge is 0.372 e. The average molecular weight is 380 g/mol. The zero-order chi connectivity index (χ0) is 17.6. The van der Waals surface area contributed by atoms with Crippen molar-refractivity contribution in [2.24, 2.45) is 0 Å². The number of hydrogen-bond donors (Lipinski definition) is 2. The topological polar surface area (TPSA) is 54.9 Å². The van der Waals surface area contributed by atoms with E-state index in [1.807, 2.05) is 35.6 Å². The highest BCUT2D eigenvalue weighted by molar-refractivity contribution is 6.35. The number of ether oxygens (including phenoxy) is 1. The van der Waals surface area contributed by atoms with Crippen LogP contribution in [0.1, 0.15) is 24.4 Å². The quantitative estimate of drug-likeness (QED) is 0.807. The molecule has 6 heteroatoms. The number of carbonyl (C=O) groups is 1. The van der Waals surface area contributed by atoms with E-state index in [0.717, 1.165) is 31.6 Å². The molecule has 0 unspecified atom stereocenters. The molecule has 1 heterocycles. The molecule has 0 bridgehead atoms. The molecule has 0 aliphatic carbocycles. The number of nitrogens with one attached hydrogen (secondary N) is 1. The van der Waals surface area contributed by atoms with Gasteiger partial charge in [-0.1, -0.05) is 53.5 Å². The van der Waals surface area contributed by atoms with E-state index >= 15 is 0 Å². The Morgan fingerprint density at radius 2 is 1.92 bits per heavy atom. The zero-order valence-electron chi connectivity index (χ0n) is 13.8. The van der Waals surface area contributed by atoms with Crippen molar-refractivity contribution in [1.29, 1.82) is 0 Å². The highest BCUT2D eigenvalue weighted by Crippen LogP contribution is 2.23. The third kappa shape index (κ3) is 5.19. The van der Waals surface area contributed by atoms with Gasteiger partial charge in [-0.2, -0.15) is 0 Å². The Morgan fingerprint density at radius 1 is 1.20 bits per heavy atom. The SMILES string of the molecule is O=C(Nc1cc(Cl)cc(Cl)c1)[C@@H]([NH2+]C[C@H]1CCCO1)c1ccccc1. The summed E-state index contributed by atoms with van der Waals surface area (Å²) in [5, 5.41) is 5.93. The van der Waals surface area contributed by atoms with Crippen molar-refractivity contribution in [3.8, 4) is 0 Å². The van der Waals surface area contributed by atoms with Gasteiger partial charge in [0.1, 0.15) is 12.6 Å². The lowest BCUT2D eigenvalue weighted by atomic mass is 10.1. The lowest BCUT2D eigenvalue weighted by molar-refractivity contribution is -0.687. The molecule has 0 spiro atoms. The minimum absolute atomic E-state index is 0.109. The van der Waals surface area contributed by atoms with Crippen molar-refractivity contribution in [2.45, 2.75) is 25.0 Å². The molecule has 2 aromatic carbocycles. The number of anilines is 1. The molecular weight excluding hydrogens is 359 g/mol. The normalized spacial score (nSPS) is 18.1. The molecule has 1 amide bonds. The predicted molar refractivity (Wildman–Crippen MR) is 100 cm³/mol. The molecule has 1 fully saturated rings. The summed E-state index contributed by atoms with van der Waals surface area (Å²) in [6, 6.07) is 14.4. The van der Waals surface area contributed by atoms with Crippen LogP contribution in [0.2, 0.25) is 10.0 Å². The number of nitrogens with two attached hydrogens (primary N) is 1. The fraction of sp³-hybridized carbons (Fsp3) is 0.316. The van der Waals surface area contributed by atoms with E-state index in [1.54, 1.807) is 18.2 Å². The second kappa shape index (κ2) is 8.68. The van der Waals surface area contributed by atoms with E-state index in [1.165, 1.54) is 0 Å². The summed E-state index contributed by atoms with van der Waals surface area (Å²) in [6.45, 7) is 1.56. The molecule has 0 saturated carbocycles. The molecule has 132 valence electrons. The Morgan fingerprint density at radius 3 is 2.56 bits per heavy atom. The molecule has 1 aliphatic rings. The molecule has 0 aromatic heterocycles. The first-order valence-corrected chi connectivity index (χ1v) is 9.14. The van der Waals surface area contributed by atoms with Gasteiger partial charge in [0.15, 0.2) is 6.04 Å². The van der Waals surface area contributed by atoms with Gasteiger partial charge < -0.3 is 15.4 Å². The number of benzene rings is 2. The Labute approximate surface area is 157 Å². The molecule has 3 rings (SSSR count). The summed E-state index contributed by atoms with van der Waals surface area (Å²) in [5.74, 6) is -0.109. The van der Waals surface area contributed by atoms with E-state index in [9.17, 15) is 4.79 Å². The third-order valence-electron chi connectivity index (χ3n) is 4.23. The van der Waals surface area contributed by atoms with Gasteiger partial charge >= 0.3 is 0 Å². The number of hydrogen-bond acceptors (Lipinski definition) is 2. The van der Waals surface area contributed by atoms with E-state index in [2.05, 4.69) is 5.32 Å². The molecule has 1 aliphatic heterocycles. The van der Waals surface area contributed by atoms with Crippen LogP contribution in [-0.2, 0) is 9.53 Å². The van der Waals surface area contributed by atoms with Gasteiger partial charge in [-0.25, -0.2) is 0 Å². The molecule has 2 aromatic rings. The fourth-order valence-electron chi connectivity index (χ4n) is 3.02. The summed E-state index contributed by atoms with van der Waals surface area (Å²) in [5.41, 5.74) is 1.54. The first-order chi connectivity index (χ1) is 12.1.